The molecule has 0 bridgehead atoms. The number of fused-ring (bicyclic) bond motifs is 1. The fourth-order valence-electron chi connectivity index (χ4n) is 2.52. The van der Waals surface area contributed by atoms with Gasteiger partial charge in [-0.25, -0.2) is 4.98 Å². The predicted molar refractivity (Wildman–Crippen MR) is 86.5 cm³/mol. The second kappa shape index (κ2) is 5.96. The number of hydrogen-bond donors (Lipinski definition) is 2. The molecule has 0 fully saturated rings. The Labute approximate surface area is 136 Å². The number of aromatic amines is 1. The van der Waals surface area contributed by atoms with Gasteiger partial charge in [0.15, 0.2) is 22.4 Å². The number of nitrogens with zero attached hydrogens (tertiary/aromatic N) is 1. The third-order valence-corrected chi connectivity index (χ3v) is 4.65. The van der Waals surface area contributed by atoms with E-state index in [-0.39, 0.29) is 22.4 Å². The molecule has 0 saturated carbocycles. The maximum Gasteiger partial charge on any atom is 0.253 e. The molecule has 7 nitrogen and oxygen atoms in total. The Morgan fingerprint density at radius 3 is 2.57 bits per heavy atom. The Bertz CT molecular complexity index is 834. The van der Waals surface area contributed by atoms with E-state index in [0.29, 0.717) is 28.6 Å². The molecule has 1 aliphatic rings. The number of nitrogen functional groups attached to an aromatic ring is 1. The van der Waals surface area contributed by atoms with Crippen molar-refractivity contribution in [1.29, 1.82) is 0 Å². The van der Waals surface area contributed by atoms with Crippen molar-refractivity contribution < 1.29 is 14.3 Å². The number of nitrogens with two attached hydrogens (primary N) is 1. The summed E-state index contributed by atoms with van der Waals surface area (Å²) >= 11 is 1.19. The van der Waals surface area contributed by atoms with Gasteiger partial charge in [0.1, 0.15) is 5.82 Å². The summed E-state index contributed by atoms with van der Waals surface area (Å²) in [5.74, 6) is 1.19. The van der Waals surface area contributed by atoms with Gasteiger partial charge in [0, 0.05) is 11.6 Å². The average Bonchev–Trinajstić information content (AvgIpc) is 2.80. The van der Waals surface area contributed by atoms with Crippen molar-refractivity contribution in [2.75, 3.05) is 20.0 Å². The first-order valence-corrected chi connectivity index (χ1v) is 7.72. The van der Waals surface area contributed by atoms with Crippen LogP contribution in [0.2, 0.25) is 0 Å². The van der Waals surface area contributed by atoms with Crippen LogP contribution in [0.3, 0.4) is 0 Å². The molecule has 1 heterocycles. The third kappa shape index (κ3) is 2.89. The molecule has 0 aliphatic heterocycles. The zero-order valence-corrected chi connectivity index (χ0v) is 13.4. The van der Waals surface area contributed by atoms with Crippen LogP contribution in [0.15, 0.2) is 28.2 Å². The second-order valence-corrected chi connectivity index (χ2v) is 6.21. The molecule has 0 radical (unpaired) electrons. The molecule has 23 heavy (non-hydrogen) atoms. The highest BCUT2D eigenvalue weighted by atomic mass is 32.2. The smallest absolute Gasteiger partial charge is 0.253 e. The number of ether oxygens (including phenoxy) is 2. The molecule has 3 rings (SSSR count). The maximum atomic E-state index is 12.6. The summed E-state index contributed by atoms with van der Waals surface area (Å²) in [5.41, 5.74) is 6.71. The zero-order valence-electron chi connectivity index (χ0n) is 12.6. The van der Waals surface area contributed by atoms with Gasteiger partial charge < -0.3 is 20.2 Å². The molecule has 0 spiro atoms. The van der Waals surface area contributed by atoms with E-state index in [9.17, 15) is 9.59 Å². The summed E-state index contributed by atoms with van der Waals surface area (Å²) < 4.78 is 10.5. The van der Waals surface area contributed by atoms with Crippen molar-refractivity contribution in [2.45, 2.75) is 16.8 Å². The first kappa shape index (κ1) is 15.4. The predicted octanol–water partition coefficient (Wildman–Crippen LogP) is 1.27. The number of Topliss-reactive ketones (excluding diaryl/α,β-unsaturated/α-hetero) is 1. The highest BCUT2D eigenvalue weighted by Crippen LogP contribution is 2.39. The largest absolute Gasteiger partial charge is 0.493 e. The minimum absolute atomic E-state index is 0.0315. The molecule has 2 aromatic rings. The fraction of sp³-hybridized carbons (Fsp3) is 0.267. The molecule has 120 valence electrons. The van der Waals surface area contributed by atoms with E-state index in [1.807, 2.05) is 6.07 Å². The number of rotatable bonds is 4. The third-order valence-electron chi connectivity index (χ3n) is 3.57. The molecule has 8 heteroatoms. The normalized spacial score (nSPS) is 16.3. The molecular formula is C15H15N3O4S. The molecule has 1 atom stereocenters. The number of hydrogen-bond acceptors (Lipinski definition) is 7. The minimum atomic E-state index is -0.369. The van der Waals surface area contributed by atoms with Crippen LogP contribution in [0.4, 0.5) is 5.82 Å². The van der Waals surface area contributed by atoms with Crippen molar-refractivity contribution in [3.8, 4) is 11.5 Å². The number of carbonyl (C=O) groups excluding carboxylic acids is 1. The molecule has 1 unspecified atom stereocenters. The summed E-state index contributed by atoms with van der Waals surface area (Å²) in [7, 11) is 3.08. The number of aromatic nitrogens is 2. The molecule has 3 N–H and O–H groups in total. The van der Waals surface area contributed by atoms with Crippen LogP contribution in [0.25, 0.3) is 0 Å². The van der Waals surface area contributed by atoms with Crippen molar-refractivity contribution in [1.82, 2.24) is 9.97 Å². The Morgan fingerprint density at radius 2 is 1.91 bits per heavy atom. The number of carbonyl (C=O) groups is 1. The van der Waals surface area contributed by atoms with E-state index in [2.05, 4.69) is 9.97 Å². The van der Waals surface area contributed by atoms with Crippen molar-refractivity contribution in [3.05, 3.63) is 39.7 Å². The topological polar surface area (TPSA) is 107 Å². The lowest BCUT2D eigenvalue weighted by Gasteiger charge is -2.09. The van der Waals surface area contributed by atoms with Crippen LogP contribution in [-0.4, -0.2) is 35.2 Å². The zero-order chi connectivity index (χ0) is 16.6. The van der Waals surface area contributed by atoms with E-state index in [0.717, 1.165) is 5.56 Å². The van der Waals surface area contributed by atoms with Crippen LogP contribution in [0.1, 0.15) is 15.9 Å². The first-order valence-electron chi connectivity index (χ1n) is 6.84. The highest BCUT2D eigenvalue weighted by Gasteiger charge is 2.33. The van der Waals surface area contributed by atoms with Gasteiger partial charge >= 0.3 is 0 Å². The van der Waals surface area contributed by atoms with Crippen LogP contribution in [0, 0.1) is 0 Å². The van der Waals surface area contributed by atoms with Crippen LogP contribution < -0.4 is 20.8 Å². The maximum absolute atomic E-state index is 12.6. The summed E-state index contributed by atoms with van der Waals surface area (Å²) in [6.45, 7) is 0. The van der Waals surface area contributed by atoms with Crippen molar-refractivity contribution in [3.63, 3.8) is 0 Å². The first-order chi connectivity index (χ1) is 11.0. The van der Waals surface area contributed by atoms with Gasteiger partial charge in [0.2, 0.25) is 0 Å². The van der Waals surface area contributed by atoms with Crippen LogP contribution in [0.5, 0.6) is 11.5 Å². The number of benzene rings is 1. The SMILES string of the molecule is COc1cc2c(cc1OC)C(=O)C(Sc1nc(N)cc(=O)[nH]1)C2. The summed E-state index contributed by atoms with van der Waals surface area (Å²) in [6, 6.07) is 4.69. The van der Waals surface area contributed by atoms with Crippen molar-refractivity contribution in [2.24, 2.45) is 0 Å². The molecular weight excluding hydrogens is 318 g/mol. The number of anilines is 1. The van der Waals surface area contributed by atoms with Crippen LogP contribution in [-0.2, 0) is 6.42 Å². The van der Waals surface area contributed by atoms with Crippen LogP contribution >= 0.6 is 11.8 Å². The average molecular weight is 333 g/mol. The number of H-pyrrole nitrogens is 1. The molecule has 1 aromatic heterocycles. The van der Waals surface area contributed by atoms with Gasteiger partial charge in [-0.1, -0.05) is 11.8 Å². The van der Waals surface area contributed by atoms with Crippen molar-refractivity contribution >= 4 is 23.4 Å². The fourth-order valence-corrected chi connectivity index (χ4v) is 3.61. The summed E-state index contributed by atoms with van der Waals surface area (Å²) in [5, 5.41) is -0.0353. The standard InChI is InChI=1S/C15H15N3O4S/c1-21-9-3-7-4-11(14(20)8(7)5-10(9)22-2)23-15-17-12(16)6-13(19)18-15/h3,5-6,11H,4H2,1-2H3,(H3,16,17,18,19). The number of ketones is 1. The Hall–Kier alpha value is -2.48. The Kier molecular flexibility index (Phi) is 3.99. The van der Waals surface area contributed by atoms with Gasteiger partial charge in [-0.2, -0.15) is 0 Å². The number of methoxy groups -OCH3 is 2. The van der Waals surface area contributed by atoms with E-state index in [1.54, 1.807) is 13.2 Å². The summed E-state index contributed by atoms with van der Waals surface area (Å²) in [4.78, 5) is 30.6. The molecule has 1 aromatic carbocycles. The molecule has 0 amide bonds. The quantitative estimate of drug-likeness (QED) is 0.811. The lowest BCUT2D eigenvalue weighted by atomic mass is 10.1. The summed E-state index contributed by atoms with van der Waals surface area (Å²) in [6.07, 6.45) is 0.525. The monoisotopic (exact) mass is 333 g/mol. The minimum Gasteiger partial charge on any atom is -0.493 e. The highest BCUT2D eigenvalue weighted by molar-refractivity contribution is 8.00. The van der Waals surface area contributed by atoms with Gasteiger partial charge in [-0.15, -0.1) is 0 Å². The van der Waals surface area contributed by atoms with Gasteiger partial charge in [0.25, 0.3) is 5.56 Å². The van der Waals surface area contributed by atoms with E-state index >= 15 is 0 Å². The Balaban J connectivity index is 1.90. The van der Waals surface area contributed by atoms with E-state index in [1.165, 1.54) is 24.9 Å². The van der Waals surface area contributed by atoms with Gasteiger partial charge in [0.05, 0.1) is 19.5 Å². The number of nitrogens with one attached hydrogen (secondary N) is 1. The second-order valence-electron chi connectivity index (χ2n) is 5.01. The van der Waals surface area contributed by atoms with E-state index in [4.69, 9.17) is 15.2 Å². The van der Waals surface area contributed by atoms with E-state index < -0.39 is 0 Å². The molecule has 0 saturated heterocycles. The molecule has 1 aliphatic carbocycles. The lowest BCUT2D eigenvalue weighted by Crippen LogP contribution is -2.15. The van der Waals surface area contributed by atoms with Gasteiger partial charge in [-0.3, -0.25) is 9.59 Å². The van der Waals surface area contributed by atoms with Gasteiger partial charge in [-0.05, 0) is 24.1 Å². The Morgan fingerprint density at radius 1 is 1.22 bits per heavy atom. The lowest BCUT2D eigenvalue weighted by molar-refractivity contribution is 0.1000. The number of thioether (sulfide) groups is 1.